The molecule has 2 rings (SSSR count). The predicted molar refractivity (Wildman–Crippen MR) is 70.1 cm³/mol. The van der Waals surface area contributed by atoms with E-state index in [1.165, 1.54) is 34.2 Å². The zero-order valence-corrected chi connectivity index (χ0v) is 11.0. The lowest BCUT2D eigenvalue weighted by Gasteiger charge is -2.06. The summed E-state index contributed by atoms with van der Waals surface area (Å²) in [6.07, 6.45) is 0.737. The van der Waals surface area contributed by atoms with E-state index >= 15 is 0 Å². The summed E-state index contributed by atoms with van der Waals surface area (Å²) in [7, 11) is 0. The van der Waals surface area contributed by atoms with E-state index in [0.717, 1.165) is 10.8 Å². The molecule has 0 aliphatic carbocycles. The molecule has 1 aromatic carbocycles. The van der Waals surface area contributed by atoms with Crippen molar-refractivity contribution in [3.63, 3.8) is 0 Å². The zero-order chi connectivity index (χ0) is 12.1. The highest BCUT2D eigenvalue weighted by Crippen LogP contribution is 2.26. The van der Waals surface area contributed by atoms with E-state index in [1.807, 2.05) is 0 Å². The summed E-state index contributed by atoms with van der Waals surface area (Å²) < 4.78 is 0.851. The van der Waals surface area contributed by atoms with Crippen LogP contribution in [0.1, 0.15) is 11.1 Å². The van der Waals surface area contributed by atoms with Gasteiger partial charge >= 0.3 is 0 Å². The molecule has 0 aliphatic heterocycles. The number of aryl methyl sites for hydroxylation is 1. The summed E-state index contributed by atoms with van der Waals surface area (Å²) in [4.78, 5) is 0. The molecular weight excluding hydrogens is 250 g/mol. The fraction of sp³-hybridized carbons (Fsp3) is 0.250. The van der Waals surface area contributed by atoms with E-state index in [4.69, 9.17) is 5.26 Å². The third kappa shape index (κ3) is 3.55. The Kier molecular flexibility index (Phi) is 4.13. The van der Waals surface area contributed by atoms with Gasteiger partial charge in [-0.05, 0) is 18.9 Å². The average Bonchev–Trinajstić information content (AvgIpc) is 2.84. The molecule has 1 aromatic heterocycles. The van der Waals surface area contributed by atoms with Crippen LogP contribution in [-0.4, -0.2) is 15.4 Å². The highest BCUT2D eigenvalue weighted by atomic mass is 32.2. The molecule has 3 nitrogen and oxygen atoms in total. The number of nitrogens with zero attached hydrogens (tertiary/aromatic N) is 3. The number of benzene rings is 1. The van der Waals surface area contributed by atoms with Crippen molar-refractivity contribution in [2.24, 2.45) is 0 Å². The summed E-state index contributed by atoms with van der Waals surface area (Å²) in [6, 6.07) is 10.6. The van der Waals surface area contributed by atoms with Gasteiger partial charge in [-0.15, -0.1) is 10.2 Å². The van der Waals surface area contributed by atoms with Crippen LogP contribution in [0.2, 0.25) is 0 Å². The molecule has 1 heterocycles. The minimum atomic E-state index is -0.106. The Morgan fingerprint density at radius 1 is 1.41 bits per heavy atom. The summed E-state index contributed by atoms with van der Waals surface area (Å²) >= 11 is 2.95. The normalized spacial score (nSPS) is 12.0. The fourth-order valence-corrected chi connectivity index (χ4v) is 3.03. The molecule has 5 heteroatoms. The topological polar surface area (TPSA) is 49.6 Å². The van der Waals surface area contributed by atoms with Crippen molar-refractivity contribution in [3.05, 3.63) is 40.9 Å². The van der Waals surface area contributed by atoms with Crippen LogP contribution in [0.3, 0.4) is 0 Å². The molecule has 0 saturated carbocycles. The van der Waals surface area contributed by atoms with Crippen LogP contribution in [-0.2, 0) is 6.42 Å². The molecule has 0 amide bonds. The second-order valence-corrected chi connectivity index (χ2v) is 5.91. The Bertz CT molecular complexity index is 500. The largest absolute Gasteiger partial charge is 0.197 e. The molecule has 1 unspecified atom stereocenters. The molecule has 86 valence electrons. The van der Waals surface area contributed by atoms with E-state index in [1.54, 1.807) is 5.51 Å². The SMILES string of the molecule is Cc1ccc(CC(C#N)Sc2nncs2)cc1. The van der Waals surface area contributed by atoms with Crippen molar-refractivity contribution >= 4 is 23.1 Å². The van der Waals surface area contributed by atoms with Crippen molar-refractivity contribution in [2.45, 2.75) is 22.9 Å². The second kappa shape index (κ2) is 5.80. The van der Waals surface area contributed by atoms with Gasteiger partial charge in [-0.25, -0.2) is 0 Å². The Labute approximate surface area is 109 Å². The third-order valence-electron chi connectivity index (χ3n) is 2.27. The maximum Gasteiger partial charge on any atom is 0.175 e. The number of aromatic nitrogens is 2. The molecule has 0 radical (unpaired) electrons. The predicted octanol–water partition coefficient (Wildman–Crippen LogP) is 3.07. The third-order valence-corrected chi connectivity index (χ3v) is 4.17. The lowest BCUT2D eigenvalue weighted by Crippen LogP contribution is -2.03. The van der Waals surface area contributed by atoms with Gasteiger partial charge in [0.15, 0.2) is 4.34 Å². The van der Waals surface area contributed by atoms with E-state index in [9.17, 15) is 0 Å². The van der Waals surface area contributed by atoms with Crippen LogP contribution in [0, 0.1) is 18.3 Å². The number of hydrogen-bond acceptors (Lipinski definition) is 5. The molecule has 0 spiro atoms. The van der Waals surface area contributed by atoms with E-state index in [0.29, 0.717) is 0 Å². The van der Waals surface area contributed by atoms with Crippen LogP contribution in [0.4, 0.5) is 0 Å². The number of rotatable bonds is 4. The number of hydrogen-bond donors (Lipinski definition) is 0. The molecule has 0 saturated heterocycles. The fourth-order valence-electron chi connectivity index (χ4n) is 1.39. The lowest BCUT2D eigenvalue weighted by atomic mass is 10.1. The van der Waals surface area contributed by atoms with Crippen LogP contribution in [0.15, 0.2) is 34.1 Å². The van der Waals surface area contributed by atoms with Crippen LogP contribution >= 0.6 is 23.1 Å². The van der Waals surface area contributed by atoms with Gasteiger partial charge in [-0.2, -0.15) is 5.26 Å². The molecule has 0 aliphatic rings. The van der Waals surface area contributed by atoms with Gasteiger partial charge < -0.3 is 0 Å². The van der Waals surface area contributed by atoms with Gasteiger partial charge in [0.2, 0.25) is 0 Å². The Hall–Kier alpha value is -1.38. The summed E-state index contributed by atoms with van der Waals surface area (Å²) in [5, 5.41) is 16.7. The van der Waals surface area contributed by atoms with Crippen molar-refractivity contribution in [2.75, 3.05) is 0 Å². The van der Waals surface area contributed by atoms with E-state index < -0.39 is 0 Å². The Balaban J connectivity index is 2.01. The standard InChI is InChI=1S/C12H11N3S2/c1-9-2-4-10(5-3-9)6-11(7-13)17-12-15-14-8-16-12/h2-5,8,11H,6H2,1H3. The van der Waals surface area contributed by atoms with Gasteiger partial charge in [0.1, 0.15) is 10.8 Å². The van der Waals surface area contributed by atoms with Crippen LogP contribution < -0.4 is 0 Å². The zero-order valence-electron chi connectivity index (χ0n) is 9.33. The maximum atomic E-state index is 9.13. The number of thioether (sulfide) groups is 1. The summed E-state index contributed by atoms with van der Waals surface area (Å²) in [5.74, 6) is 0. The van der Waals surface area contributed by atoms with Gasteiger partial charge in [0.05, 0.1) is 6.07 Å². The monoisotopic (exact) mass is 261 g/mol. The van der Waals surface area contributed by atoms with E-state index in [-0.39, 0.29) is 5.25 Å². The molecule has 0 fully saturated rings. The van der Waals surface area contributed by atoms with Crippen molar-refractivity contribution in [1.82, 2.24) is 10.2 Å². The van der Waals surface area contributed by atoms with Gasteiger partial charge in [0.25, 0.3) is 0 Å². The van der Waals surface area contributed by atoms with Crippen LogP contribution in [0.5, 0.6) is 0 Å². The molecule has 1 atom stereocenters. The quantitative estimate of drug-likeness (QED) is 0.794. The molecular formula is C12H11N3S2. The van der Waals surface area contributed by atoms with E-state index in [2.05, 4.69) is 47.5 Å². The van der Waals surface area contributed by atoms with Crippen molar-refractivity contribution in [1.29, 1.82) is 5.26 Å². The highest BCUT2D eigenvalue weighted by molar-refractivity contribution is 8.01. The average molecular weight is 261 g/mol. The molecule has 0 N–H and O–H groups in total. The van der Waals surface area contributed by atoms with Gasteiger partial charge in [0, 0.05) is 0 Å². The Morgan fingerprint density at radius 2 is 2.18 bits per heavy atom. The first kappa shape index (κ1) is 12.1. The first-order valence-electron chi connectivity index (χ1n) is 5.16. The maximum absolute atomic E-state index is 9.13. The smallest absolute Gasteiger partial charge is 0.175 e. The lowest BCUT2D eigenvalue weighted by molar-refractivity contribution is 0.988. The highest BCUT2D eigenvalue weighted by Gasteiger charge is 2.12. The first-order valence-corrected chi connectivity index (χ1v) is 6.92. The number of nitriles is 1. The molecule has 0 bridgehead atoms. The summed E-state index contributed by atoms with van der Waals surface area (Å²) in [6.45, 7) is 2.06. The molecule has 2 aromatic rings. The minimum Gasteiger partial charge on any atom is -0.197 e. The minimum absolute atomic E-state index is 0.106. The van der Waals surface area contributed by atoms with Gasteiger partial charge in [-0.1, -0.05) is 52.9 Å². The Morgan fingerprint density at radius 3 is 2.76 bits per heavy atom. The molecule has 17 heavy (non-hydrogen) atoms. The van der Waals surface area contributed by atoms with Crippen molar-refractivity contribution < 1.29 is 0 Å². The second-order valence-electron chi connectivity index (χ2n) is 3.63. The van der Waals surface area contributed by atoms with Crippen LogP contribution in [0.25, 0.3) is 0 Å². The summed E-state index contributed by atoms with van der Waals surface area (Å²) in [5.41, 5.74) is 4.10. The van der Waals surface area contributed by atoms with Crippen molar-refractivity contribution in [3.8, 4) is 6.07 Å². The van der Waals surface area contributed by atoms with Gasteiger partial charge in [-0.3, -0.25) is 0 Å². The first-order chi connectivity index (χ1) is 8.28.